The summed E-state index contributed by atoms with van der Waals surface area (Å²) in [6.07, 6.45) is 0. The molecule has 12 rings (SSSR count). The van der Waals surface area contributed by atoms with Crippen molar-refractivity contribution in [3.63, 3.8) is 0 Å². The van der Waals surface area contributed by atoms with Gasteiger partial charge in [0.1, 0.15) is 0 Å². The molecule has 60 heavy (non-hydrogen) atoms. The zero-order valence-electron chi connectivity index (χ0n) is 32.7. The number of benzene rings is 11. The number of hydrogen-bond acceptors (Lipinski definition) is 2. The summed E-state index contributed by atoms with van der Waals surface area (Å²) >= 11 is 1.86. The molecule has 0 radical (unpaired) electrons. The first kappa shape index (κ1) is 34.5. The number of fused-ring (bicyclic) bond motifs is 10. The van der Waals surface area contributed by atoms with Gasteiger partial charge < -0.3 is 4.90 Å². The Morgan fingerprint density at radius 1 is 0.250 bits per heavy atom. The summed E-state index contributed by atoms with van der Waals surface area (Å²) in [5.41, 5.74) is 10.5. The Balaban J connectivity index is 0.999. The first-order valence-electron chi connectivity index (χ1n) is 20.6. The summed E-state index contributed by atoms with van der Waals surface area (Å²) in [4.78, 5) is 2.41. The molecule has 0 aliphatic carbocycles. The van der Waals surface area contributed by atoms with E-state index in [1.54, 1.807) is 0 Å². The van der Waals surface area contributed by atoms with Crippen LogP contribution in [0.4, 0.5) is 17.1 Å². The zero-order valence-corrected chi connectivity index (χ0v) is 33.5. The standard InChI is InChI=1S/C58H37NS/c1-2-11-38(12-3-1)42-14-8-17-48(34-42)59(50-19-10-16-44(36-50)46-30-32-56-54(37-46)53-21-6-7-22-55(53)60-56)49-18-9-15-43(35-49)45-29-31-52-47(33-45)28-27-41-26-25-40-24-23-39-13-4-5-20-51(39)57(40)58(41)52/h1-37H. The van der Waals surface area contributed by atoms with Gasteiger partial charge in [-0.25, -0.2) is 0 Å². The van der Waals surface area contributed by atoms with E-state index >= 15 is 0 Å². The second kappa shape index (κ2) is 14.1. The van der Waals surface area contributed by atoms with Crippen molar-refractivity contribution < 1.29 is 0 Å². The molecule has 11 aromatic carbocycles. The number of hydrogen-bond donors (Lipinski definition) is 0. The molecule has 1 heterocycles. The van der Waals surface area contributed by atoms with Gasteiger partial charge in [0.2, 0.25) is 0 Å². The minimum atomic E-state index is 1.10. The van der Waals surface area contributed by atoms with Crippen molar-refractivity contribution in [3.8, 4) is 33.4 Å². The van der Waals surface area contributed by atoms with Crippen LogP contribution < -0.4 is 4.90 Å². The molecule has 0 fully saturated rings. The largest absolute Gasteiger partial charge is 0.310 e. The molecule has 0 N–H and O–H groups in total. The van der Waals surface area contributed by atoms with Gasteiger partial charge in [-0.05, 0) is 137 Å². The van der Waals surface area contributed by atoms with E-state index in [4.69, 9.17) is 0 Å². The number of rotatable bonds is 6. The fourth-order valence-electron chi connectivity index (χ4n) is 9.29. The van der Waals surface area contributed by atoms with E-state index in [9.17, 15) is 0 Å². The summed E-state index contributed by atoms with van der Waals surface area (Å²) in [5, 5.41) is 12.9. The van der Waals surface area contributed by atoms with Crippen LogP contribution in [0.3, 0.4) is 0 Å². The van der Waals surface area contributed by atoms with E-state index < -0.39 is 0 Å². The molecule has 0 unspecified atom stereocenters. The first-order valence-corrected chi connectivity index (χ1v) is 21.4. The molecule has 0 saturated heterocycles. The second-order valence-corrected chi connectivity index (χ2v) is 16.8. The van der Waals surface area contributed by atoms with Crippen molar-refractivity contribution in [3.05, 3.63) is 224 Å². The predicted molar refractivity (Wildman–Crippen MR) is 260 cm³/mol. The van der Waals surface area contributed by atoms with Gasteiger partial charge in [-0.3, -0.25) is 0 Å². The van der Waals surface area contributed by atoms with Gasteiger partial charge in [-0.1, -0.05) is 164 Å². The van der Waals surface area contributed by atoms with Crippen molar-refractivity contribution in [1.29, 1.82) is 0 Å². The van der Waals surface area contributed by atoms with Gasteiger partial charge in [0, 0.05) is 37.2 Å². The number of thiophene rings is 1. The zero-order chi connectivity index (χ0) is 39.6. The molecule has 0 aliphatic heterocycles. The molecular weight excluding hydrogens is 743 g/mol. The van der Waals surface area contributed by atoms with Crippen LogP contribution in [0.25, 0.3) is 96.6 Å². The lowest BCUT2D eigenvalue weighted by Crippen LogP contribution is -2.10. The minimum Gasteiger partial charge on any atom is -0.310 e. The quantitative estimate of drug-likeness (QED) is 0.152. The van der Waals surface area contributed by atoms with Crippen LogP contribution in [0.15, 0.2) is 224 Å². The molecule has 12 aromatic rings. The van der Waals surface area contributed by atoms with Gasteiger partial charge in [0.05, 0.1) is 0 Å². The minimum absolute atomic E-state index is 1.10. The van der Waals surface area contributed by atoms with Crippen LogP contribution in [0, 0.1) is 0 Å². The molecule has 1 aromatic heterocycles. The molecule has 280 valence electrons. The average Bonchev–Trinajstić information content (AvgIpc) is 3.70. The Bertz CT molecular complexity index is 3610. The Morgan fingerprint density at radius 2 is 0.717 bits per heavy atom. The molecule has 0 amide bonds. The Hall–Kier alpha value is -7.52. The van der Waals surface area contributed by atoms with E-state index in [0.29, 0.717) is 0 Å². The van der Waals surface area contributed by atoms with Crippen LogP contribution in [0.1, 0.15) is 0 Å². The monoisotopic (exact) mass is 779 g/mol. The number of nitrogens with zero attached hydrogens (tertiary/aromatic N) is 1. The van der Waals surface area contributed by atoms with Gasteiger partial charge in [-0.15, -0.1) is 11.3 Å². The lowest BCUT2D eigenvalue weighted by atomic mass is 9.92. The summed E-state index contributed by atoms with van der Waals surface area (Å²) in [5.74, 6) is 0. The maximum Gasteiger partial charge on any atom is 0.0467 e. The highest BCUT2D eigenvalue weighted by Gasteiger charge is 2.17. The van der Waals surface area contributed by atoms with E-state index in [2.05, 4.69) is 229 Å². The van der Waals surface area contributed by atoms with Crippen molar-refractivity contribution in [1.82, 2.24) is 0 Å². The third kappa shape index (κ3) is 5.84. The van der Waals surface area contributed by atoms with E-state index in [1.165, 1.54) is 96.6 Å². The van der Waals surface area contributed by atoms with Crippen LogP contribution in [0.5, 0.6) is 0 Å². The molecule has 0 saturated carbocycles. The van der Waals surface area contributed by atoms with E-state index in [1.807, 2.05) is 11.3 Å². The fraction of sp³-hybridized carbons (Fsp3) is 0. The normalized spacial score (nSPS) is 11.7. The van der Waals surface area contributed by atoms with Crippen LogP contribution in [-0.2, 0) is 0 Å². The maximum atomic E-state index is 2.41. The molecule has 0 aliphatic rings. The Morgan fingerprint density at radius 3 is 1.40 bits per heavy atom. The smallest absolute Gasteiger partial charge is 0.0467 e. The molecule has 0 atom stereocenters. The highest BCUT2D eigenvalue weighted by atomic mass is 32.1. The van der Waals surface area contributed by atoms with Gasteiger partial charge in [-0.2, -0.15) is 0 Å². The second-order valence-electron chi connectivity index (χ2n) is 15.7. The predicted octanol–water partition coefficient (Wildman–Crippen LogP) is 17.1. The molecule has 1 nitrogen and oxygen atoms in total. The van der Waals surface area contributed by atoms with E-state index in [0.717, 1.165) is 17.1 Å². The lowest BCUT2D eigenvalue weighted by Gasteiger charge is -2.27. The molecular formula is C58H37NS. The lowest BCUT2D eigenvalue weighted by molar-refractivity contribution is 1.28. The van der Waals surface area contributed by atoms with Crippen LogP contribution in [0.2, 0.25) is 0 Å². The maximum absolute atomic E-state index is 2.41. The van der Waals surface area contributed by atoms with Crippen molar-refractivity contribution in [2.45, 2.75) is 0 Å². The van der Waals surface area contributed by atoms with Crippen molar-refractivity contribution >= 4 is 91.7 Å². The highest BCUT2D eigenvalue weighted by Crippen LogP contribution is 2.43. The topological polar surface area (TPSA) is 3.24 Å². The SMILES string of the molecule is c1ccc(-c2cccc(N(c3cccc(-c4ccc5c(ccc6ccc7ccc8ccccc8c7c65)c4)c3)c3cccc(-c4ccc5sc6ccccc6c5c4)c3)c2)cc1. The van der Waals surface area contributed by atoms with Crippen molar-refractivity contribution in [2.75, 3.05) is 4.90 Å². The Kier molecular flexibility index (Phi) is 8.11. The van der Waals surface area contributed by atoms with Gasteiger partial charge in [0.15, 0.2) is 0 Å². The third-order valence-electron chi connectivity index (χ3n) is 12.2. The molecule has 0 spiro atoms. The van der Waals surface area contributed by atoms with Gasteiger partial charge >= 0.3 is 0 Å². The first-order chi connectivity index (χ1) is 29.7. The summed E-state index contributed by atoms with van der Waals surface area (Å²) < 4.78 is 2.64. The molecule has 0 bridgehead atoms. The van der Waals surface area contributed by atoms with Crippen LogP contribution >= 0.6 is 11.3 Å². The van der Waals surface area contributed by atoms with Crippen LogP contribution in [-0.4, -0.2) is 0 Å². The average molecular weight is 780 g/mol. The molecule has 2 heteroatoms. The van der Waals surface area contributed by atoms with Gasteiger partial charge in [0.25, 0.3) is 0 Å². The summed E-state index contributed by atoms with van der Waals surface area (Å²) in [7, 11) is 0. The summed E-state index contributed by atoms with van der Waals surface area (Å²) in [6, 6.07) is 82.6. The third-order valence-corrected chi connectivity index (χ3v) is 13.3. The number of anilines is 3. The Labute approximate surface area is 352 Å². The van der Waals surface area contributed by atoms with Crippen molar-refractivity contribution in [2.24, 2.45) is 0 Å². The highest BCUT2D eigenvalue weighted by molar-refractivity contribution is 7.25. The van der Waals surface area contributed by atoms with E-state index in [-0.39, 0.29) is 0 Å². The summed E-state index contributed by atoms with van der Waals surface area (Å²) in [6.45, 7) is 0. The fourth-order valence-corrected chi connectivity index (χ4v) is 10.4.